The number of benzene rings is 2. The highest BCUT2D eigenvalue weighted by atomic mass is 35.5. The van der Waals surface area contributed by atoms with Crippen LogP contribution in [0.1, 0.15) is 22.7 Å². The third-order valence-corrected chi connectivity index (χ3v) is 4.37. The van der Waals surface area contributed by atoms with Crippen LogP contribution in [0.15, 0.2) is 54.9 Å². The molecule has 0 aliphatic heterocycles. The number of halogens is 1. The van der Waals surface area contributed by atoms with Crippen molar-refractivity contribution in [3.05, 3.63) is 76.6 Å². The second kappa shape index (κ2) is 5.84. The molecule has 2 aromatic carbocycles. The summed E-state index contributed by atoms with van der Waals surface area (Å²) in [7, 11) is 1.96. The molecular formula is C18H17ClN2. The third-order valence-electron chi connectivity index (χ3n) is 3.85. The van der Waals surface area contributed by atoms with Gasteiger partial charge in [0, 0.05) is 22.8 Å². The number of nitrogens with one attached hydrogen (secondary N) is 1. The van der Waals surface area contributed by atoms with Gasteiger partial charge in [-0.05, 0) is 42.1 Å². The van der Waals surface area contributed by atoms with E-state index in [2.05, 4.69) is 34.6 Å². The Morgan fingerprint density at radius 3 is 2.62 bits per heavy atom. The van der Waals surface area contributed by atoms with Crippen molar-refractivity contribution in [2.24, 2.45) is 0 Å². The second-order valence-corrected chi connectivity index (χ2v) is 5.52. The predicted octanol–water partition coefficient (Wildman–Crippen LogP) is 4.51. The normalized spacial score (nSPS) is 12.5. The zero-order valence-electron chi connectivity index (χ0n) is 12.1. The summed E-state index contributed by atoms with van der Waals surface area (Å²) < 4.78 is 0. The molecule has 1 atom stereocenters. The molecule has 21 heavy (non-hydrogen) atoms. The smallest absolute Gasteiger partial charge is 0.0595 e. The van der Waals surface area contributed by atoms with Gasteiger partial charge in [0.2, 0.25) is 0 Å². The molecule has 0 radical (unpaired) electrons. The van der Waals surface area contributed by atoms with Crippen molar-refractivity contribution in [2.45, 2.75) is 13.0 Å². The highest BCUT2D eigenvalue weighted by Crippen LogP contribution is 2.33. The first-order valence-electron chi connectivity index (χ1n) is 6.97. The number of aromatic nitrogens is 1. The van der Waals surface area contributed by atoms with Gasteiger partial charge in [-0.25, -0.2) is 0 Å². The minimum absolute atomic E-state index is 0.0466. The summed E-state index contributed by atoms with van der Waals surface area (Å²) in [4.78, 5) is 4.26. The summed E-state index contributed by atoms with van der Waals surface area (Å²) in [6, 6.07) is 14.5. The zero-order chi connectivity index (χ0) is 14.8. The van der Waals surface area contributed by atoms with E-state index in [1.54, 1.807) is 0 Å². The van der Waals surface area contributed by atoms with Crippen LogP contribution in [0.25, 0.3) is 10.8 Å². The minimum Gasteiger partial charge on any atom is -0.309 e. The topological polar surface area (TPSA) is 24.9 Å². The van der Waals surface area contributed by atoms with Gasteiger partial charge in [0.15, 0.2) is 0 Å². The van der Waals surface area contributed by atoms with E-state index >= 15 is 0 Å². The molecule has 3 heteroatoms. The lowest BCUT2D eigenvalue weighted by atomic mass is 9.94. The molecule has 0 saturated carbocycles. The summed E-state index contributed by atoms with van der Waals surface area (Å²) in [6.45, 7) is 2.03. The Labute approximate surface area is 129 Å². The first-order valence-corrected chi connectivity index (χ1v) is 7.35. The number of hydrogen-bond acceptors (Lipinski definition) is 2. The van der Waals surface area contributed by atoms with Crippen molar-refractivity contribution in [3.8, 4) is 0 Å². The number of rotatable bonds is 3. The van der Waals surface area contributed by atoms with Gasteiger partial charge in [-0.2, -0.15) is 0 Å². The fourth-order valence-corrected chi connectivity index (χ4v) is 3.00. The number of fused-ring (bicyclic) bond motifs is 1. The number of aryl methyl sites for hydroxylation is 1. The summed E-state index contributed by atoms with van der Waals surface area (Å²) >= 11 is 6.51. The Balaban J connectivity index is 2.21. The van der Waals surface area contributed by atoms with Gasteiger partial charge in [-0.1, -0.05) is 48.0 Å². The minimum atomic E-state index is 0.0466. The first kappa shape index (κ1) is 14.1. The summed E-state index contributed by atoms with van der Waals surface area (Å²) in [5, 5.41) is 6.54. The van der Waals surface area contributed by atoms with E-state index < -0.39 is 0 Å². The van der Waals surface area contributed by atoms with E-state index in [9.17, 15) is 0 Å². The van der Waals surface area contributed by atoms with Gasteiger partial charge >= 0.3 is 0 Å². The second-order valence-electron chi connectivity index (χ2n) is 5.14. The average Bonchev–Trinajstić information content (AvgIpc) is 2.52. The average molecular weight is 297 g/mol. The molecule has 1 N–H and O–H groups in total. The lowest BCUT2D eigenvalue weighted by Crippen LogP contribution is -2.18. The SMILES string of the molecule is CNC(c1cccc(C)c1Cl)c1cccc2ccncc12. The van der Waals surface area contributed by atoms with Gasteiger partial charge < -0.3 is 5.32 Å². The standard InChI is InChI=1S/C18H17ClN2/c1-12-5-3-8-15(17(12)19)18(20-2)14-7-4-6-13-9-10-21-11-16(13)14/h3-11,18,20H,1-2H3. The molecule has 2 nitrogen and oxygen atoms in total. The van der Waals surface area contributed by atoms with E-state index in [-0.39, 0.29) is 6.04 Å². The van der Waals surface area contributed by atoms with Gasteiger partial charge in [0.25, 0.3) is 0 Å². The Hall–Kier alpha value is -1.90. The van der Waals surface area contributed by atoms with Crippen LogP contribution in [-0.4, -0.2) is 12.0 Å². The Morgan fingerprint density at radius 2 is 1.81 bits per heavy atom. The summed E-state index contributed by atoms with van der Waals surface area (Å²) in [5.74, 6) is 0. The van der Waals surface area contributed by atoms with Crippen molar-refractivity contribution in [1.82, 2.24) is 10.3 Å². The molecule has 0 aliphatic carbocycles. The van der Waals surface area contributed by atoms with Crippen LogP contribution in [0.3, 0.4) is 0 Å². The zero-order valence-corrected chi connectivity index (χ0v) is 12.9. The Morgan fingerprint density at radius 1 is 1.05 bits per heavy atom. The first-order chi connectivity index (χ1) is 10.2. The fourth-order valence-electron chi connectivity index (χ4n) is 2.76. The predicted molar refractivity (Wildman–Crippen MR) is 88.8 cm³/mol. The molecule has 3 rings (SSSR count). The molecule has 0 fully saturated rings. The van der Waals surface area contributed by atoms with Crippen LogP contribution in [0.4, 0.5) is 0 Å². The van der Waals surface area contributed by atoms with Crippen LogP contribution >= 0.6 is 11.6 Å². The van der Waals surface area contributed by atoms with Gasteiger partial charge in [0.05, 0.1) is 6.04 Å². The highest BCUT2D eigenvalue weighted by molar-refractivity contribution is 6.32. The van der Waals surface area contributed by atoms with Crippen LogP contribution in [-0.2, 0) is 0 Å². The Bertz CT molecular complexity index is 778. The number of hydrogen-bond donors (Lipinski definition) is 1. The maximum Gasteiger partial charge on any atom is 0.0595 e. The molecule has 1 heterocycles. The maximum atomic E-state index is 6.51. The lowest BCUT2D eigenvalue weighted by molar-refractivity contribution is 0.696. The maximum absolute atomic E-state index is 6.51. The van der Waals surface area contributed by atoms with Gasteiger partial charge in [-0.15, -0.1) is 0 Å². The molecule has 3 aromatic rings. The number of pyridine rings is 1. The summed E-state index contributed by atoms with van der Waals surface area (Å²) in [6.07, 6.45) is 3.73. The molecule has 0 spiro atoms. The van der Waals surface area contributed by atoms with Crippen molar-refractivity contribution < 1.29 is 0 Å². The fraction of sp³-hybridized carbons (Fsp3) is 0.167. The quantitative estimate of drug-likeness (QED) is 0.769. The lowest BCUT2D eigenvalue weighted by Gasteiger charge is -2.21. The molecule has 0 saturated heterocycles. The third kappa shape index (κ3) is 2.53. The van der Waals surface area contributed by atoms with Gasteiger partial charge in [0.1, 0.15) is 0 Å². The van der Waals surface area contributed by atoms with E-state index in [0.29, 0.717) is 0 Å². The molecule has 106 valence electrons. The van der Waals surface area contributed by atoms with Crippen LogP contribution in [0.2, 0.25) is 5.02 Å². The molecule has 1 unspecified atom stereocenters. The van der Waals surface area contributed by atoms with E-state index in [4.69, 9.17) is 11.6 Å². The van der Waals surface area contributed by atoms with E-state index in [0.717, 1.165) is 21.5 Å². The molecule has 0 aliphatic rings. The van der Waals surface area contributed by atoms with E-state index in [1.807, 2.05) is 44.6 Å². The molecule has 1 aromatic heterocycles. The molecule has 0 amide bonds. The number of nitrogens with zero attached hydrogens (tertiary/aromatic N) is 1. The summed E-state index contributed by atoms with van der Waals surface area (Å²) in [5.41, 5.74) is 3.37. The van der Waals surface area contributed by atoms with Crippen molar-refractivity contribution >= 4 is 22.4 Å². The van der Waals surface area contributed by atoms with Crippen molar-refractivity contribution in [1.29, 1.82) is 0 Å². The molecular weight excluding hydrogens is 280 g/mol. The van der Waals surface area contributed by atoms with E-state index in [1.165, 1.54) is 10.9 Å². The van der Waals surface area contributed by atoms with Crippen LogP contribution in [0.5, 0.6) is 0 Å². The van der Waals surface area contributed by atoms with Crippen molar-refractivity contribution in [3.63, 3.8) is 0 Å². The highest BCUT2D eigenvalue weighted by Gasteiger charge is 2.18. The largest absolute Gasteiger partial charge is 0.309 e. The van der Waals surface area contributed by atoms with Crippen LogP contribution < -0.4 is 5.32 Å². The monoisotopic (exact) mass is 296 g/mol. The van der Waals surface area contributed by atoms with Gasteiger partial charge in [-0.3, -0.25) is 4.98 Å². The van der Waals surface area contributed by atoms with Crippen molar-refractivity contribution in [2.75, 3.05) is 7.05 Å². The molecule has 0 bridgehead atoms. The Kier molecular flexibility index (Phi) is 3.91. The van der Waals surface area contributed by atoms with Crippen LogP contribution in [0, 0.1) is 6.92 Å².